The second-order valence-electron chi connectivity index (χ2n) is 8.64. The molecule has 0 unspecified atom stereocenters. The molecule has 130 valence electrons. The van der Waals surface area contributed by atoms with Crippen LogP contribution in [0.25, 0.3) is 0 Å². The normalized spacial score (nSPS) is 39.3. The highest BCUT2D eigenvalue weighted by atomic mass is 16.5. The molecule has 0 spiro atoms. The molecule has 5 heteroatoms. The number of esters is 1. The van der Waals surface area contributed by atoms with Gasteiger partial charge in [0.15, 0.2) is 6.61 Å². The van der Waals surface area contributed by atoms with E-state index in [0.29, 0.717) is 24.2 Å². The second kappa shape index (κ2) is 5.76. The van der Waals surface area contributed by atoms with Crippen LogP contribution in [0, 0.1) is 23.2 Å². The zero-order valence-electron chi connectivity index (χ0n) is 14.4. The monoisotopic (exact) mass is 323 g/mol. The fourth-order valence-corrected chi connectivity index (χ4v) is 5.20. The molecule has 0 heterocycles. The van der Waals surface area contributed by atoms with E-state index in [9.17, 15) is 14.7 Å². The average molecular weight is 323 g/mol. The number of ether oxygens (including phenoxy) is 1. The van der Waals surface area contributed by atoms with Crippen LogP contribution in [0.15, 0.2) is 0 Å². The van der Waals surface area contributed by atoms with Gasteiger partial charge in [-0.1, -0.05) is 13.8 Å². The van der Waals surface area contributed by atoms with E-state index in [1.54, 1.807) is 0 Å². The molecule has 0 aromatic heterocycles. The third-order valence-corrected chi connectivity index (χ3v) is 6.19. The predicted octanol–water partition coefficient (Wildman–Crippen LogP) is 2.02. The molecular weight excluding hydrogens is 294 g/mol. The van der Waals surface area contributed by atoms with Gasteiger partial charge in [0.05, 0.1) is 11.0 Å². The molecule has 23 heavy (non-hydrogen) atoms. The van der Waals surface area contributed by atoms with Crippen LogP contribution >= 0.6 is 0 Å². The first-order valence-corrected chi connectivity index (χ1v) is 8.90. The van der Waals surface area contributed by atoms with Gasteiger partial charge in [0.1, 0.15) is 0 Å². The number of carbonyl (C=O) groups is 2. The largest absolute Gasteiger partial charge is 0.455 e. The van der Waals surface area contributed by atoms with Crippen LogP contribution in [-0.2, 0) is 14.3 Å². The first-order valence-electron chi connectivity index (χ1n) is 8.90. The molecule has 0 radical (unpaired) electrons. The topological polar surface area (TPSA) is 75.6 Å². The van der Waals surface area contributed by atoms with Crippen molar-refractivity contribution in [3.05, 3.63) is 0 Å². The van der Waals surface area contributed by atoms with Gasteiger partial charge in [-0.25, -0.2) is 0 Å². The van der Waals surface area contributed by atoms with Gasteiger partial charge in [-0.05, 0) is 63.2 Å². The Balaban J connectivity index is 1.57. The minimum absolute atomic E-state index is 0.0569. The Bertz CT molecular complexity index is 487. The highest BCUT2D eigenvalue weighted by molar-refractivity contribution is 5.83. The number of hydrogen-bond donors (Lipinski definition) is 2. The molecule has 4 aliphatic rings. The Labute approximate surface area is 138 Å². The standard InChI is InChI=1S/C18H29NO4/c1-11(2)12(3)19-15(20)9-23-16(21)17-5-13-4-14(6-17)8-18(22,7-13)10-17/h11-14,22H,4-10H2,1-3H3,(H,19,20)/t12-,13-,14-,17?,18?/m0/s1. The van der Waals surface area contributed by atoms with Crippen molar-refractivity contribution in [3.8, 4) is 0 Å². The maximum Gasteiger partial charge on any atom is 0.312 e. The molecule has 3 atom stereocenters. The van der Waals surface area contributed by atoms with Crippen LogP contribution in [0.1, 0.15) is 59.3 Å². The molecule has 4 bridgehead atoms. The van der Waals surface area contributed by atoms with Gasteiger partial charge in [-0.2, -0.15) is 0 Å². The fourth-order valence-electron chi connectivity index (χ4n) is 5.20. The van der Waals surface area contributed by atoms with Crippen molar-refractivity contribution in [2.75, 3.05) is 6.61 Å². The Morgan fingerprint density at radius 1 is 1.17 bits per heavy atom. The molecule has 2 N–H and O–H groups in total. The summed E-state index contributed by atoms with van der Waals surface area (Å²) in [4.78, 5) is 24.6. The highest BCUT2D eigenvalue weighted by Crippen LogP contribution is 2.61. The summed E-state index contributed by atoms with van der Waals surface area (Å²) in [5.74, 6) is 0.680. The molecule has 5 nitrogen and oxygen atoms in total. The van der Waals surface area contributed by atoms with Crippen LogP contribution in [0.2, 0.25) is 0 Å². The molecule has 0 aliphatic heterocycles. The van der Waals surface area contributed by atoms with Crippen molar-refractivity contribution in [3.63, 3.8) is 0 Å². The molecule has 1 amide bonds. The number of rotatable bonds is 5. The molecule has 0 aromatic carbocycles. The second-order valence-corrected chi connectivity index (χ2v) is 8.64. The van der Waals surface area contributed by atoms with Gasteiger partial charge in [0, 0.05) is 6.04 Å². The maximum atomic E-state index is 12.6. The quantitative estimate of drug-likeness (QED) is 0.759. The van der Waals surface area contributed by atoms with E-state index >= 15 is 0 Å². The lowest BCUT2D eigenvalue weighted by atomic mass is 9.48. The van der Waals surface area contributed by atoms with Crippen molar-refractivity contribution in [1.82, 2.24) is 5.32 Å². The summed E-state index contributed by atoms with van der Waals surface area (Å²) in [6, 6.07) is 0.0569. The van der Waals surface area contributed by atoms with E-state index in [1.807, 2.05) is 20.8 Å². The minimum Gasteiger partial charge on any atom is -0.455 e. The van der Waals surface area contributed by atoms with Crippen LogP contribution in [0.4, 0.5) is 0 Å². The summed E-state index contributed by atoms with van der Waals surface area (Å²) in [7, 11) is 0. The lowest BCUT2D eigenvalue weighted by molar-refractivity contribution is -0.196. The van der Waals surface area contributed by atoms with Crippen LogP contribution in [0.5, 0.6) is 0 Å². The number of amides is 1. The molecule has 4 rings (SSSR count). The summed E-state index contributed by atoms with van der Waals surface area (Å²) in [5, 5.41) is 13.5. The molecule has 4 saturated carbocycles. The van der Waals surface area contributed by atoms with Crippen molar-refractivity contribution in [2.24, 2.45) is 23.2 Å². The van der Waals surface area contributed by atoms with E-state index in [1.165, 1.54) is 0 Å². The van der Waals surface area contributed by atoms with Gasteiger partial charge in [-0.3, -0.25) is 9.59 Å². The number of aliphatic hydroxyl groups is 1. The number of carbonyl (C=O) groups excluding carboxylic acids is 2. The smallest absolute Gasteiger partial charge is 0.312 e. The van der Waals surface area contributed by atoms with E-state index in [4.69, 9.17) is 4.74 Å². The van der Waals surface area contributed by atoms with Crippen LogP contribution in [0.3, 0.4) is 0 Å². The van der Waals surface area contributed by atoms with Gasteiger partial charge >= 0.3 is 5.97 Å². The molecule has 4 fully saturated rings. The van der Waals surface area contributed by atoms with Crippen molar-refractivity contribution in [1.29, 1.82) is 0 Å². The lowest BCUT2D eigenvalue weighted by Gasteiger charge is -2.58. The Hall–Kier alpha value is -1.10. The Kier molecular flexibility index (Phi) is 4.20. The third kappa shape index (κ3) is 3.25. The summed E-state index contributed by atoms with van der Waals surface area (Å²) in [6.45, 7) is 5.80. The molecule has 0 aromatic rings. The highest BCUT2D eigenvalue weighted by Gasteiger charge is 2.60. The first-order chi connectivity index (χ1) is 10.7. The molecular formula is C18H29NO4. The van der Waals surface area contributed by atoms with E-state index in [2.05, 4.69) is 5.32 Å². The molecule has 4 aliphatic carbocycles. The van der Waals surface area contributed by atoms with Crippen LogP contribution < -0.4 is 5.32 Å². The van der Waals surface area contributed by atoms with Gasteiger partial charge in [0.25, 0.3) is 5.91 Å². The Morgan fingerprint density at radius 2 is 1.78 bits per heavy atom. The summed E-state index contributed by atoms with van der Waals surface area (Å²) in [6.07, 6.45) is 4.92. The van der Waals surface area contributed by atoms with Crippen molar-refractivity contribution < 1.29 is 19.4 Å². The van der Waals surface area contributed by atoms with E-state index < -0.39 is 11.0 Å². The minimum atomic E-state index is -0.683. The zero-order chi connectivity index (χ0) is 16.8. The average Bonchev–Trinajstić information content (AvgIpc) is 2.41. The summed E-state index contributed by atoms with van der Waals surface area (Å²) >= 11 is 0. The SMILES string of the molecule is CC(C)[C@H](C)NC(=O)COC(=O)C12C[C@@H]3C[C@H](CC(O)(C3)C1)C2. The first kappa shape index (κ1) is 16.7. The fraction of sp³-hybridized carbons (Fsp3) is 0.889. The summed E-state index contributed by atoms with van der Waals surface area (Å²) < 4.78 is 5.35. The maximum absolute atomic E-state index is 12.6. The third-order valence-electron chi connectivity index (χ3n) is 6.19. The van der Waals surface area contributed by atoms with Crippen molar-refractivity contribution >= 4 is 11.9 Å². The van der Waals surface area contributed by atoms with Gasteiger partial charge < -0.3 is 15.2 Å². The number of nitrogens with one attached hydrogen (secondary N) is 1. The summed E-state index contributed by atoms with van der Waals surface area (Å²) in [5.41, 5.74) is -1.24. The number of hydrogen-bond acceptors (Lipinski definition) is 4. The lowest BCUT2D eigenvalue weighted by Crippen LogP contribution is -2.58. The Morgan fingerprint density at radius 3 is 2.30 bits per heavy atom. The molecule has 0 saturated heterocycles. The van der Waals surface area contributed by atoms with Gasteiger partial charge in [-0.15, -0.1) is 0 Å². The zero-order valence-corrected chi connectivity index (χ0v) is 14.4. The van der Waals surface area contributed by atoms with Gasteiger partial charge in [0.2, 0.25) is 0 Å². The van der Waals surface area contributed by atoms with E-state index in [0.717, 1.165) is 32.1 Å². The van der Waals surface area contributed by atoms with Crippen LogP contribution in [-0.4, -0.2) is 35.2 Å². The van der Waals surface area contributed by atoms with E-state index in [-0.39, 0.29) is 24.5 Å². The predicted molar refractivity (Wildman–Crippen MR) is 85.5 cm³/mol. The van der Waals surface area contributed by atoms with Crippen molar-refractivity contribution in [2.45, 2.75) is 70.9 Å².